The number of ether oxygens (including phenoxy) is 1. The van der Waals surface area contributed by atoms with Crippen molar-refractivity contribution in [3.8, 4) is 0 Å². The monoisotopic (exact) mass is 180 g/mol. The summed E-state index contributed by atoms with van der Waals surface area (Å²) in [6.45, 7) is 2.01. The minimum absolute atomic E-state index is 0.237. The number of para-hydroxylation sites is 1. The van der Waals surface area contributed by atoms with Crippen molar-refractivity contribution in [2.75, 3.05) is 12.1 Å². The molecule has 0 heterocycles. The lowest BCUT2D eigenvalue weighted by molar-refractivity contribution is 0.0526. The molecule has 0 aliphatic rings. The Morgan fingerprint density at radius 1 is 1.46 bits per heavy atom. The van der Waals surface area contributed by atoms with Crippen molar-refractivity contribution in [1.29, 1.82) is 0 Å². The Labute approximate surface area is 76.1 Å². The number of carbonyl (C=O) groups is 1. The molecule has 0 bridgehead atoms. The highest BCUT2D eigenvalue weighted by molar-refractivity contribution is 5.95. The molecule has 0 aliphatic carbocycles. The summed E-state index contributed by atoms with van der Waals surface area (Å²) in [4.78, 5) is 11.2. The quantitative estimate of drug-likeness (QED) is 0.568. The number of hydrogen-bond donors (Lipinski definition) is 1. The lowest BCUT2D eigenvalue weighted by Gasteiger charge is -2.05. The molecular weight excluding hydrogens is 170 g/mol. The van der Waals surface area contributed by atoms with Crippen molar-refractivity contribution < 1.29 is 14.7 Å². The maximum absolute atomic E-state index is 11.2. The van der Waals surface area contributed by atoms with E-state index in [9.17, 15) is 10.0 Å². The molecule has 0 aromatic heterocycles. The van der Waals surface area contributed by atoms with Gasteiger partial charge in [-0.25, -0.2) is 10.3 Å². The van der Waals surface area contributed by atoms with Crippen molar-refractivity contribution in [3.63, 3.8) is 0 Å². The van der Waals surface area contributed by atoms with Gasteiger partial charge in [0, 0.05) is 0 Å². The van der Waals surface area contributed by atoms with Crippen molar-refractivity contribution >= 4 is 11.7 Å². The van der Waals surface area contributed by atoms with Gasteiger partial charge in [0.25, 0.3) is 0 Å². The van der Waals surface area contributed by atoms with Crippen LogP contribution in [0.5, 0.6) is 0 Å². The minimum atomic E-state index is -0.485. The molecule has 0 aliphatic heterocycles. The first-order valence-corrected chi connectivity index (χ1v) is 3.94. The number of esters is 1. The third-order valence-corrected chi connectivity index (χ3v) is 1.53. The van der Waals surface area contributed by atoms with Crippen LogP contribution in [0.25, 0.3) is 0 Å². The third kappa shape index (κ3) is 2.19. The SMILES string of the molecule is CCOC(=O)c1ccccc1N[O]. The fraction of sp³-hybridized carbons (Fsp3) is 0.222. The van der Waals surface area contributed by atoms with Crippen LogP contribution in [0, 0.1) is 0 Å². The maximum Gasteiger partial charge on any atom is 0.340 e. The van der Waals surface area contributed by atoms with Gasteiger partial charge >= 0.3 is 5.97 Å². The number of rotatable bonds is 3. The fourth-order valence-corrected chi connectivity index (χ4v) is 0.959. The van der Waals surface area contributed by atoms with Crippen LogP contribution in [0.15, 0.2) is 24.3 Å². The average molecular weight is 180 g/mol. The van der Waals surface area contributed by atoms with E-state index in [1.807, 2.05) is 0 Å². The van der Waals surface area contributed by atoms with E-state index in [1.54, 1.807) is 24.5 Å². The van der Waals surface area contributed by atoms with Crippen LogP contribution in [-0.2, 0) is 9.94 Å². The molecule has 13 heavy (non-hydrogen) atoms. The zero-order valence-electron chi connectivity index (χ0n) is 7.24. The summed E-state index contributed by atoms with van der Waals surface area (Å²) in [6, 6.07) is 6.41. The molecule has 1 aromatic carbocycles. The molecule has 1 aromatic rings. The van der Waals surface area contributed by atoms with Gasteiger partial charge in [-0.1, -0.05) is 17.3 Å². The molecule has 0 fully saturated rings. The molecule has 0 saturated carbocycles. The number of hydrogen-bond acceptors (Lipinski definition) is 3. The second kappa shape index (κ2) is 4.47. The second-order valence-corrected chi connectivity index (χ2v) is 2.37. The van der Waals surface area contributed by atoms with Gasteiger partial charge < -0.3 is 4.74 Å². The van der Waals surface area contributed by atoms with Gasteiger partial charge in [-0.05, 0) is 19.1 Å². The summed E-state index contributed by atoms with van der Waals surface area (Å²) < 4.78 is 4.75. The molecule has 0 unspecified atom stereocenters. The lowest BCUT2D eigenvalue weighted by Crippen LogP contribution is -2.07. The highest BCUT2D eigenvalue weighted by Gasteiger charge is 2.10. The predicted molar refractivity (Wildman–Crippen MR) is 46.7 cm³/mol. The molecule has 69 valence electrons. The summed E-state index contributed by atoms with van der Waals surface area (Å²) in [7, 11) is 0. The Bertz CT molecular complexity index is 299. The fourth-order valence-electron chi connectivity index (χ4n) is 0.959. The zero-order chi connectivity index (χ0) is 9.68. The van der Waals surface area contributed by atoms with E-state index in [1.165, 1.54) is 12.1 Å². The van der Waals surface area contributed by atoms with Crippen LogP contribution < -0.4 is 5.48 Å². The van der Waals surface area contributed by atoms with Crippen molar-refractivity contribution in [2.24, 2.45) is 0 Å². The molecule has 4 heteroatoms. The Kier molecular flexibility index (Phi) is 3.28. The first-order chi connectivity index (χ1) is 6.29. The highest BCUT2D eigenvalue weighted by Crippen LogP contribution is 2.14. The summed E-state index contributed by atoms with van der Waals surface area (Å²) in [5.41, 5.74) is 2.18. The standard InChI is InChI=1S/C9H10NO3/c1-2-13-9(11)7-5-3-4-6-8(7)10-12/h3-6,10H,2H2,1H3. The van der Waals surface area contributed by atoms with Crippen LogP contribution in [0.3, 0.4) is 0 Å². The van der Waals surface area contributed by atoms with Crippen LogP contribution in [0.2, 0.25) is 0 Å². The van der Waals surface area contributed by atoms with E-state index in [0.29, 0.717) is 6.61 Å². The molecule has 0 saturated heterocycles. The number of benzene rings is 1. The Hall–Kier alpha value is -1.55. The van der Waals surface area contributed by atoms with E-state index in [-0.39, 0.29) is 11.3 Å². The Morgan fingerprint density at radius 3 is 2.77 bits per heavy atom. The first-order valence-electron chi connectivity index (χ1n) is 3.94. The predicted octanol–water partition coefficient (Wildman–Crippen LogP) is 1.62. The maximum atomic E-state index is 11.2. The Morgan fingerprint density at radius 2 is 2.15 bits per heavy atom. The molecule has 0 spiro atoms. The van der Waals surface area contributed by atoms with Crippen molar-refractivity contribution in [2.45, 2.75) is 6.92 Å². The van der Waals surface area contributed by atoms with Crippen molar-refractivity contribution in [3.05, 3.63) is 29.8 Å². The summed E-state index contributed by atoms with van der Waals surface area (Å²) in [5.74, 6) is -0.485. The molecule has 1 rings (SSSR count). The van der Waals surface area contributed by atoms with E-state index in [2.05, 4.69) is 0 Å². The van der Waals surface area contributed by atoms with Crippen LogP contribution >= 0.6 is 0 Å². The lowest BCUT2D eigenvalue weighted by atomic mass is 10.2. The van der Waals surface area contributed by atoms with E-state index < -0.39 is 5.97 Å². The molecule has 1 radical (unpaired) electrons. The molecule has 0 amide bonds. The van der Waals surface area contributed by atoms with Crippen LogP contribution in [0.1, 0.15) is 17.3 Å². The van der Waals surface area contributed by atoms with Gasteiger partial charge in [0.15, 0.2) is 0 Å². The molecule has 4 nitrogen and oxygen atoms in total. The molecular formula is C9H10NO3. The van der Waals surface area contributed by atoms with Gasteiger partial charge in [-0.15, -0.1) is 0 Å². The van der Waals surface area contributed by atoms with Crippen LogP contribution in [0.4, 0.5) is 5.69 Å². The number of carbonyl (C=O) groups excluding carboxylic acids is 1. The second-order valence-electron chi connectivity index (χ2n) is 2.37. The molecule has 0 atom stereocenters. The smallest absolute Gasteiger partial charge is 0.340 e. The van der Waals surface area contributed by atoms with Gasteiger partial charge in [0.1, 0.15) is 0 Å². The van der Waals surface area contributed by atoms with Crippen LogP contribution in [-0.4, -0.2) is 12.6 Å². The molecule has 1 N–H and O–H groups in total. The highest BCUT2D eigenvalue weighted by atomic mass is 16.5. The summed E-state index contributed by atoms with van der Waals surface area (Å²) in [6.07, 6.45) is 0. The topological polar surface area (TPSA) is 58.2 Å². The van der Waals surface area contributed by atoms with Gasteiger partial charge in [-0.3, -0.25) is 0 Å². The Balaban J connectivity index is 2.92. The summed E-state index contributed by atoms with van der Waals surface area (Å²) in [5, 5.41) is 10.4. The normalized spacial score (nSPS) is 9.38. The van der Waals surface area contributed by atoms with Gasteiger partial charge in [0.05, 0.1) is 17.9 Å². The largest absolute Gasteiger partial charge is 0.462 e. The zero-order valence-corrected chi connectivity index (χ0v) is 7.24. The van der Waals surface area contributed by atoms with E-state index in [4.69, 9.17) is 4.74 Å². The number of nitrogens with one attached hydrogen (secondary N) is 1. The van der Waals surface area contributed by atoms with Gasteiger partial charge in [-0.2, -0.15) is 0 Å². The number of anilines is 1. The average Bonchev–Trinajstić information content (AvgIpc) is 2.18. The minimum Gasteiger partial charge on any atom is -0.462 e. The third-order valence-electron chi connectivity index (χ3n) is 1.53. The first kappa shape index (κ1) is 9.54. The van der Waals surface area contributed by atoms with E-state index in [0.717, 1.165) is 0 Å². The van der Waals surface area contributed by atoms with Gasteiger partial charge in [0.2, 0.25) is 0 Å². The van der Waals surface area contributed by atoms with E-state index >= 15 is 0 Å². The van der Waals surface area contributed by atoms with Crippen molar-refractivity contribution in [1.82, 2.24) is 0 Å². The summed E-state index contributed by atoms with van der Waals surface area (Å²) >= 11 is 0.